The number of nitrogens with one attached hydrogen (secondary N) is 2. The summed E-state index contributed by atoms with van der Waals surface area (Å²) in [7, 11) is -2.36. The Morgan fingerprint density at radius 1 is 1.09 bits per heavy atom. The third kappa shape index (κ3) is 5.87. The van der Waals surface area contributed by atoms with E-state index in [0.717, 1.165) is 26.1 Å². The van der Waals surface area contributed by atoms with E-state index in [9.17, 15) is 13.2 Å². The zero-order chi connectivity index (χ0) is 24.0. The molecule has 0 spiro atoms. The summed E-state index contributed by atoms with van der Waals surface area (Å²) in [6.07, 6.45) is 0.976. The molecule has 2 aliphatic rings. The fourth-order valence-corrected chi connectivity index (χ4v) is 5.45. The molecule has 0 bridgehead atoms. The Labute approximate surface area is 200 Å². The molecule has 2 heterocycles. The summed E-state index contributed by atoms with van der Waals surface area (Å²) in [5, 5.41) is 3.03. The minimum atomic E-state index is -3.83. The van der Waals surface area contributed by atoms with Gasteiger partial charge in [-0.15, -0.1) is 0 Å². The molecule has 2 unspecified atom stereocenters. The van der Waals surface area contributed by atoms with Gasteiger partial charge in [-0.25, -0.2) is 8.42 Å². The van der Waals surface area contributed by atoms with Gasteiger partial charge in [-0.3, -0.25) is 14.4 Å². The van der Waals surface area contributed by atoms with Crippen LogP contribution in [-0.2, 0) is 19.5 Å². The quantitative estimate of drug-likeness (QED) is 0.555. The van der Waals surface area contributed by atoms with Gasteiger partial charge in [-0.1, -0.05) is 12.1 Å². The third-order valence-corrected chi connectivity index (χ3v) is 7.66. The number of carbonyl (C=O) groups excluding carboxylic acids is 1. The van der Waals surface area contributed by atoms with Crippen LogP contribution in [0.1, 0.15) is 16.8 Å². The van der Waals surface area contributed by atoms with Crippen LogP contribution in [0.3, 0.4) is 0 Å². The molecule has 0 radical (unpaired) electrons. The van der Waals surface area contributed by atoms with Gasteiger partial charge in [0.15, 0.2) is 0 Å². The van der Waals surface area contributed by atoms with Gasteiger partial charge in [0.1, 0.15) is 5.75 Å². The van der Waals surface area contributed by atoms with E-state index in [2.05, 4.69) is 14.9 Å². The highest BCUT2D eigenvalue weighted by Gasteiger charge is 2.31. The van der Waals surface area contributed by atoms with Crippen molar-refractivity contribution >= 4 is 21.6 Å². The van der Waals surface area contributed by atoms with Gasteiger partial charge in [-0.05, 0) is 42.8 Å². The predicted molar refractivity (Wildman–Crippen MR) is 128 cm³/mol. The number of methoxy groups -OCH3 is 1. The standard InChI is InChI=1S/C24H31N3O6S/c1-31-23-5-3-2-4-21(23)26-34(29,30)20-8-6-18(7-9-20)24(28)25-16-22(19-10-13-33-17-19)27-11-14-32-15-12-27/h2-9,19,22,26H,10-17H2,1H3,(H,25,28). The first-order valence-corrected chi connectivity index (χ1v) is 12.9. The van der Waals surface area contributed by atoms with E-state index in [-0.39, 0.29) is 16.8 Å². The molecule has 0 aromatic heterocycles. The summed E-state index contributed by atoms with van der Waals surface area (Å²) in [5.41, 5.74) is 0.747. The highest BCUT2D eigenvalue weighted by Crippen LogP contribution is 2.26. The zero-order valence-corrected chi connectivity index (χ0v) is 20.1. The Hall–Kier alpha value is -2.66. The average Bonchev–Trinajstić information content (AvgIpc) is 3.39. The lowest BCUT2D eigenvalue weighted by Crippen LogP contribution is -2.52. The summed E-state index contributed by atoms with van der Waals surface area (Å²) >= 11 is 0. The number of hydrogen-bond donors (Lipinski definition) is 2. The monoisotopic (exact) mass is 489 g/mol. The van der Waals surface area contributed by atoms with Gasteiger partial charge in [0.2, 0.25) is 0 Å². The minimum Gasteiger partial charge on any atom is -0.495 e. The van der Waals surface area contributed by atoms with Gasteiger partial charge in [-0.2, -0.15) is 0 Å². The van der Waals surface area contributed by atoms with E-state index in [1.807, 2.05) is 0 Å². The number of para-hydroxylation sites is 2. The first-order valence-electron chi connectivity index (χ1n) is 11.4. The van der Waals surface area contributed by atoms with Crippen LogP contribution < -0.4 is 14.8 Å². The number of hydrogen-bond acceptors (Lipinski definition) is 7. The lowest BCUT2D eigenvalue weighted by molar-refractivity contribution is 0.00166. The number of ether oxygens (including phenoxy) is 3. The van der Waals surface area contributed by atoms with Crippen LogP contribution in [0.25, 0.3) is 0 Å². The topological polar surface area (TPSA) is 106 Å². The molecular formula is C24H31N3O6S. The maximum atomic E-state index is 12.8. The second kappa shape index (κ2) is 11.2. The first kappa shape index (κ1) is 24.5. The molecule has 2 aromatic carbocycles. The molecule has 2 aliphatic heterocycles. The van der Waals surface area contributed by atoms with Crippen LogP contribution in [0.4, 0.5) is 5.69 Å². The van der Waals surface area contributed by atoms with E-state index in [4.69, 9.17) is 14.2 Å². The highest BCUT2D eigenvalue weighted by molar-refractivity contribution is 7.92. The fourth-order valence-electron chi connectivity index (χ4n) is 4.38. The van der Waals surface area contributed by atoms with E-state index >= 15 is 0 Å². The van der Waals surface area contributed by atoms with Gasteiger partial charge in [0.25, 0.3) is 15.9 Å². The van der Waals surface area contributed by atoms with Crippen molar-refractivity contribution in [1.29, 1.82) is 0 Å². The van der Waals surface area contributed by atoms with Crippen molar-refractivity contribution in [3.63, 3.8) is 0 Å². The summed E-state index contributed by atoms with van der Waals surface area (Å²) < 4.78 is 44.4. The zero-order valence-electron chi connectivity index (χ0n) is 19.2. The van der Waals surface area contributed by atoms with Crippen molar-refractivity contribution in [2.45, 2.75) is 17.4 Å². The Balaban J connectivity index is 1.40. The van der Waals surface area contributed by atoms with Gasteiger partial charge in [0, 0.05) is 43.8 Å². The molecule has 1 amide bonds. The van der Waals surface area contributed by atoms with E-state index in [1.165, 1.54) is 31.4 Å². The fraction of sp³-hybridized carbons (Fsp3) is 0.458. The molecule has 184 valence electrons. The highest BCUT2D eigenvalue weighted by atomic mass is 32.2. The number of anilines is 1. The van der Waals surface area contributed by atoms with Crippen LogP contribution in [0.5, 0.6) is 5.75 Å². The van der Waals surface area contributed by atoms with Gasteiger partial charge >= 0.3 is 0 Å². The predicted octanol–water partition coefficient (Wildman–Crippen LogP) is 1.96. The number of carbonyl (C=O) groups is 1. The minimum absolute atomic E-state index is 0.0595. The largest absolute Gasteiger partial charge is 0.495 e. The summed E-state index contributed by atoms with van der Waals surface area (Å²) in [6, 6.07) is 12.9. The number of amides is 1. The molecule has 2 aromatic rings. The molecule has 2 fully saturated rings. The number of benzene rings is 2. The van der Waals surface area contributed by atoms with Crippen molar-refractivity contribution < 1.29 is 27.4 Å². The van der Waals surface area contributed by atoms with E-state index in [1.54, 1.807) is 24.3 Å². The Morgan fingerprint density at radius 3 is 2.50 bits per heavy atom. The summed E-state index contributed by atoms with van der Waals surface area (Å²) in [4.78, 5) is 15.2. The Kier molecular flexibility index (Phi) is 8.04. The molecule has 4 rings (SSSR count). The lowest BCUT2D eigenvalue weighted by Gasteiger charge is -2.37. The van der Waals surface area contributed by atoms with Crippen molar-refractivity contribution in [2.24, 2.45) is 5.92 Å². The normalized spacial score (nSPS) is 20.0. The molecule has 0 saturated carbocycles. The van der Waals surface area contributed by atoms with Gasteiger partial charge < -0.3 is 19.5 Å². The molecular weight excluding hydrogens is 458 g/mol. The second-order valence-corrected chi connectivity index (χ2v) is 10.1. The van der Waals surface area contributed by atoms with Crippen molar-refractivity contribution in [2.75, 3.05) is 57.9 Å². The molecule has 34 heavy (non-hydrogen) atoms. The maximum absolute atomic E-state index is 12.8. The number of sulfonamides is 1. The molecule has 9 nitrogen and oxygen atoms in total. The molecule has 2 saturated heterocycles. The Morgan fingerprint density at radius 2 is 1.82 bits per heavy atom. The van der Waals surface area contributed by atoms with Crippen LogP contribution >= 0.6 is 0 Å². The maximum Gasteiger partial charge on any atom is 0.262 e. The second-order valence-electron chi connectivity index (χ2n) is 8.38. The van der Waals surface area contributed by atoms with E-state index in [0.29, 0.717) is 49.3 Å². The van der Waals surface area contributed by atoms with Crippen LogP contribution in [0.15, 0.2) is 53.4 Å². The van der Waals surface area contributed by atoms with Crippen LogP contribution in [0.2, 0.25) is 0 Å². The van der Waals surface area contributed by atoms with Crippen LogP contribution in [0, 0.1) is 5.92 Å². The number of rotatable bonds is 9. The third-order valence-electron chi connectivity index (χ3n) is 6.27. The average molecular weight is 490 g/mol. The van der Waals surface area contributed by atoms with Crippen molar-refractivity contribution in [3.05, 3.63) is 54.1 Å². The summed E-state index contributed by atoms with van der Waals surface area (Å²) in [6.45, 7) is 5.00. The molecule has 2 N–H and O–H groups in total. The molecule has 2 atom stereocenters. The first-order chi connectivity index (χ1) is 16.5. The van der Waals surface area contributed by atoms with Crippen LogP contribution in [-0.4, -0.2) is 78.4 Å². The smallest absolute Gasteiger partial charge is 0.262 e. The van der Waals surface area contributed by atoms with Gasteiger partial charge in [0.05, 0.1) is 37.5 Å². The number of morpholine rings is 1. The number of nitrogens with zero attached hydrogens (tertiary/aromatic N) is 1. The van der Waals surface area contributed by atoms with Crippen molar-refractivity contribution in [3.8, 4) is 5.75 Å². The van der Waals surface area contributed by atoms with Crippen molar-refractivity contribution in [1.82, 2.24) is 10.2 Å². The van der Waals surface area contributed by atoms with E-state index < -0.39 is 10.0 Å². The molecule has 10 heteroatoms. The Bertz CT molecular complexity index is 1060. The SMILES string of the molecule is COc1ccccc1NS(=O)(=O)c1ccc(C(=O)NCC(C2CCOC2)N2CCOCC2)cc1. The lowest BCUT2D eigenvalue weighted by atomic mass is 9.96. The summed E-state index contributed by atoms with van der Waals surface area (Å²) in [5.74, 6) is 0.551. The molecule has 0 aliphatic carbocycles.